The van der Waals surface area contributed by atoms with E-state index in [-0.39, 0.29) is 0 Å². The molecule has 0 saturated carbocycles. The van der Waals surface area contributed by atoms with Gasteiger partial charge in [-0.3, -0.25) is 0 Å². The predicted molar refractivity (Wildman–Crippen MR) is 45.6 cm³/mol. The molecule has 3 atom stereocenters. The van der Waals surface area contributed by atoms with Gasteiger partial charge in [-0.1, -0.05) is 25.5 Å². The Kier molecular flexibility index (Phi) is 2.88. The fourth-order valence-electron chi connectivity index (χ4n) is 1.40. The lowest BCUT2D eigenvalue weighted by atomic mass is 9.87. The molecule has 70 valence electrons. The van der Waals surface area contributed by atoms with Crippen LogP contribution in [0.15, 0.2) is 11.6 Å². The third kappa shape index (κ3) is 1.86. The monoisotopic (exact) mass is 172 g/mol. The normalized spacial score (nSPS) is 36.8. The van der Waals surface area contributed by atoms with Gasteiger partial charge in [-0.25, -0.2) is 0 Å². The molecule has 0 spiro atoms. The standard InChI is InChI=1S/C9H16O3/c1-5(2)6-3-7(10)9(12)8(11)4-6/h3,5,7-12H,4H2,1-2H3/t7-,8-,9-/m1/s1. The van der Waals surface area contributed by atoms with E-state index in [4.69, 9.17) is 0 Å². The first-order valence-electron chi connectivity index (χ1n) is 4.27. The first-order valence-corrected chi connectivity index (χ1v) is 4.27. The summed E-state index contributed by atoms with van der Waals surface area (Å²) in [4.78, 5) is 0. The Labute approximate surface area is 72.3 Å². The molecule has 1 rings (SSSR count). The van der Waals surface area contributed by atoms with E-state index in [1.165, 1.54) is 0 Å². The van der Waals surface area contributed by atoms with Crippen LogP contribution in [0.4, 0.5) is 0 Å². The van der Waals surface area contributed by atoms with Crippen LogP contribution in [0.1, 0.15) is 20.3 Å². The summed E-state index contributed by atoms with van der Waals surface area (Å²) >= 11 is 0. The van der Waals surface area contributed by atoms with Crippen LogP contribution < -0.4 is 0 Å². The molecule has 0 heterocycles. The van der Waals surface area contributed by atoms with Crippen molar-refractivity contribution < 1.29 is 15.3 Å². The maximum Gasteiger partial charge on any atom is 0.110 e. The summed E-state index contributed by atoms with van der Waals surface area (Å²) in [6.07, 6.45) is -0.640. The molecule has 0 radical (unpaired) electrons. The van der Waals surface area contributed by atoms with E-state index in [1.807, 2.05) is 13.8 Å². The molecule has 3 nitrogen and oxygen atoms in total. The topological polar surface area (TPSA) is 60.7 Å². The molecule has 1 aliphatic carbocycles. The molecule has 0 saturated heterocycles. The quantitative estimate of drug-likeness (QED) is 0.490. The Morgan fingerprint density at radius 3 is 2.33 bits per heavy atom. The fraction of sp³-hybridized carbons (Fsp3) is 0.778. The number of hydrogen-bond donors (Lipinski definition) is 3. The van der Waals surface area contributed by atoms with Crippen molar-refractivity contribution in [1.29, 1.82) is 0 Å². The van der Waals surface area contributed by atoms with Crippen LogP contribution >= 0.6 is 0 Å². The summed E-state index contributed by atoms with van der Waals surface area (Å²) < 4.78 is 0. The maximum absolute atomic E-state index is 9.32. The van der Waals surface area contributed by atoms with Gasteiger partial charge >= 0.3 is 0 Å². The van der Waals surface area contributed by atoms with Crippen molar-refractivity contribution in [3.05, 3.63) is 11.6 Å². The zero-order valence-corrected chi connectivity index (χ0v) is 7.44. The molecule has 0 aliphatic heterocycles. The number of aliphatic hydroxyl groups is 3. The van der Waals surface area contributed by atoms with Gasteiger partial charge in [0.1, 0.15) is 12.2 Å². The molecule has 0 amide bonds. The Morgan fingerprint density at radius 2 is 1.92 bits per heavy atom. The first kappa shape index (κ1) is 9.71. The van der Waals surface area contributed by atoms with Crippen LogP contribution in [-0.2, 0) is 0 Å². The van der Waals surface area contributed by atoms with Crippen LogP contribution in [0.25, 0.3) is 0 Å². The van der Waals surface area contributed by atoms with Gasteiger partial charge < -0.3 is 15.3 Å². The van der Waals surface area contributed by atoms with E-state index < -0.39 is 18.3 Å². The van der Waals surface area contributed by atoms with E-state index in [9.17, 15) is 15.3 Å². The summed E-state index contributed by atoms with van der Waals surface area (Å²) in [5.41, 5.74) is 1.01. The van der Waals surface area contributed by atoms with Crippen LogP contribution in [0, 0.1) is 5.92 Å². The Hall–Kier alpha value is -0.380. The number of aliphatic hydroxyl groups excluding tert-OH is 3. The minimum absolute atomic E-state index is 0.321. The molecule has 12 heavy (non-hydrogen) atoms. The van der Waals surface area contributed by atoms with Gasteiger partial charge in [-0.2, -0.15) is 0 Å². The first-order chi connectivity index (χ1) is 5.52. The third-order valence-corrected chi connectivity index (χ3v) is 2.32. The second-order valence-electron chi connectivity index (χ2n) is 3.65. The molecule has 0 bridgehead atoms. The van der Waals surface area contributed by atoms with Gasteiger partial charge in [0.25, 0.3) is 0 Å². The van der Waals surface area contributed by atoms with Crippen molar-refractivity contribution in [2.75, 3.05) is 0 Å². The highest BCUT2D eigenvalue weighted by Gasteiger charge is 2.29. The molecule has 1 aliphatic rings. The molecule has 0 aromatic rings. The highest BCUT2D eigenvalue weighted by atomic mass is 16.4. The summed E-state index contributed by atoms with van der Waals surface area (Å²) in [5, 5.41) is 27.8. The fourth-order valence-corrected chi connectivity index (χ4v) is 1.40. The SMILES string of the molecule is CC(C)C1=C[C@@H](O)[C@@H](O)[C@H](O)C1. The highest BCUT2D eigenvalue weighted by molar-refractivity contribution is 5.15. The molecule has 0 unspecified atom stereocenters. The minimum atomic E-state index is -1.02. The van der Waals surface area contributed by atoms with Crippen molar-refractivity contribution in [3.8, 4) is 0 Å². The second-order valence-corrected chi connectivity index (χ2v) is 3.65. The van der Waals surface area contributed by atoms with Crippen molar-refractivity contribution in [3.63, 3.8) is 0 Å². The van der Waals surface area contributed by atoms with Gasteiger partial charge in [-0.05, 0) is 12.3 Å². The van der Waals surface area contributed by atoms with Gasteiger partial charge in [-0.15, -0.1) is 0 Å². The molecule has 3 N–H and O–H groups in total. The summed E-state index contributed by atoms with van der Waals surface area (Å²) in [6, 6.07) is 0. The molecule has 0 aromatic heterocycles. The number of hydrogen-bond acceptors (Lipinski definition) is 3. The van der Waals surface area contributed by atoms with E-state index in [1.54, 1.807) is 6.08 Å². The zero-order chi connectivity index (χ0) is 9.30. The Bertz CT molecular complexity index is 186. The lowest BCUT2D eigenvalue weighted by Crippen LogP contribution is -2.40. The van der Waals surface area contributed by atoms with E-state index in [2.05, 4.69) is 0 Å². The largest absolute Gasteiger partial charge is 0.390 e. The summed E-state index contributed by atoms with van der Waals surface area (Å²) in [7, 11) is 0. The Balaban J connectivity index is 2.74. The van der Waals surface area contributed by atoms with E-state index >= 15 is 0 Å². The molecular formula is C9H16O3. The molecule has 3 heteroatoms. The maximum atomic E-state index is 9.32. The van der Waals surface area contributed by atoms with Gasteiger partial charge in [0.15, 0.2) is 0 Å². The number of rotatable bonds is 1. The van der Waals surface area contributed by atoms with Crippen molar-refractivity contribution in [2.24, 2.45) is 5.92 Å². The van der Waals surface area contributed by atoms with E-state index in [0.717, 1.165) is 5.57 Å². The zero-order valence-electron chi connectivity index (χ0n) is 7.44. The smallest absolute Gasteiger partial charge is 0.110 e. The predicted octanol–water partition coefficient (Wildman–Crippen LogP) is 0.0552. The van der Waals surface area contributed by atoms with E-state index in [0.29, 0.717) is 12.3 Å². The molecule has 0 aromatic carbocycles. The lowest BCUT2D eigenvalue weighted by molar-refractivity contribution is -0.0487. The van der Waals surface area contributed by atoms with Crippen molar-refractivity contribution in [1.82, 2.24) is 0 Å². The minimum Gasteiger partial charge on any atom is -0.390 e. The second kappa shape index (κ2) is 3.56. The van der Waals surface area contributed by atoms with Gasteiger partial charge in [0.2, 0.25) is 0 Å². The highest BCUT2D eigenvalue weighted by Crippen LogP contribution is 2.24. The van der Waals surface area contributed by atoms with Crippen LogP contribution in [0.3, 0.4) is 0 Å². The lowest BCUT2D eigenvalue weighted by Gasteiger charge is -2.29. The average Bonchev–Trinajstić information content (AvgIpc) is 1.99. The average molecular weight is 172 g/mol. The summed E-state index contributed by atoms with van der Waals surface area (Å²) in [6.45, 7) is 4.01. The third-order valence-electron chi connectivity index (χ3n) is 2.32. The van der Waals surface area contributed by atoms with Crippen LogP contribution in [0.5, 0.6) is 0 Å². The van der Waals surface area contributed by atoms with Crippen LogP contribution in [0.2, 0.25) is 0 Å². The Morgan fingerprint density at radius 1 is 1.33 bits per heavy atom. The molecule has 0 fully saturated rings. The van der Waals surface area contributed by atoms with Gasteiger partial charge in [0, 0.05) is 0 Å². The van der Waals surface area contributed by atoms with Crippen molar-refractivity contribution >= 4 is 0 Å². The summed E-state index contributed by atoms with van der Waals surface area (Å²) in [5.74, 6) is 0.321. The van der Waals surface area contributed by atoms with Gasteiger partial charge in [0.05, 0.1) is 6.10 Å². The molecular weight excluding hydrogens is 156 g/mol. The van der Waals surface area contributed by atoms with Crippen LogP contribution in [-0.4, -0.2) is 33.6 Å². The van der Waals surface area contributed by atoms with Crippen molar-refractivity contribution in [2.45, 2.75) is 38.6 Å².